The van der Waals surface area contributed by atoms with E-state index in [9.17, 15) is 14.9 Å². The van der Waals surface area contributed by atoms with Crippen molar-refractivity contribution >= 4 is 11.6 Å². The lowest BCUT2D eigenvalue weighted by Crippen LogP contribution is -2.17. The number of amides is 1. The van der Waals surface area contributed by atoms with Crippen LogP contribution in [0, 0.1) is 21.4 Å². The van der Waals surface area contributed by atoms with Crippen molar-refractivity contribution in [1.29, 1.82) is 5.26 Å². The van der Waals surface area contributed by atoms with Crippen molar-refractivity contribution in [1.82, 2.24) is 0 Å². The summed E-state index contributed by atoms with van der Waals surface area (Å²) in [5.74, 6) is -0.371. The van der Waals surface area contributed by atoms with Crippen molar-refractivity contribution in [2.45, 2.75) is 25.8 Å². The first kappa shape index (κ1) is 13.6. The largest absolute Gasteiger partial charge is 0.325 e. The summed E-state index contributed by atoms with van der Waals surface area (Å²) in [6.07, 6.45) is 0.152. The van der Waals surface area contributed by atoms with Gasteiger partial charge in [0.05, 0.1) is 6.07 Å². The third kappa shape index (κ3) is 4.22. The molecule has 1 aromatic carbocycles. The monoisotopic (exact) mass is 247 g/mol. The molecule has 18 heavy (non-hydrogen) atoms. The van der Waals surface area contributed by atoms with Gasteiger partial charge in [0.25, 0.3) is 0 Å². The highest BCUT2D eigenvalue weighted by atomic mass is 16.6. The number of benzene rings is 1. The number of hydrogen-bond donors (Lipinski definition) is 1. The van der Waals surface area contributed by atoms with E-state index in [2.05, 4.69) is 5.32 Å². The zero-order valence-electron chi connectivity index (χ0n) is 9.92. The number of nitrogens with zero attached hydrogens (tertiary/aromatic N) is 2. The molecule has 0 aliphatic carbocycles. The van der Waals surface area contributed by atoms with Crippen LogP contribution in [0.4, 0.5) is 5.69 Å². The molecule has 0 aliphatic heterocycles. The van der Waals surface area contributed by atoms with Crippen molar-refractivity contribution in [3.05, 3.63) is 39.9 Å². The Labute approximate surface area is 104 Å². The summed E-state index contributed by atoms with van der Waals surface area (Å²) in [4.78, 5) is 21.3. The normalized spacial score (nSPS) is 11.3. The zero-order valence-corrected chi connectivity index (χ0v) is 9.92. The average molecular weight is 247 g/mol. The van der Waals surface area contributed by atoms with E-state index in [4.69, 9.17) is 5.26 Å². The van der Waals surface area contributed by atoms with Gasteiger partial charge in [-0.15, -0.1) is 0 Å². The van der Waals surface area contributed by atoms with Gasteiger partial charge in [0, 0.05) is 24.0 Å². The Morgan fingerprint density at radius 3 is 2.61 bits per heavy atom. The SMILES string of the molecule is CC(Cc1ccc(NC(=O)CC#N)cc1)[N+](=O)[O-]. The Balaban J connectivity index is 2.60. The summed E-state index contributed by atoms with van der Waals surface area (Å²) in [7, 11) is 0. The van der Waals surface area contributed by atoms with E-state index in [0.29, 0.717) is 12.1 Å². The molecule has 1 amide bonds. The topological polar surface area (TPSA) is 96.0 Å². The summed E-state index contributed by atoms with van der Waals surface area (Å²) in [6, 6.07) is 7.89. The Hall–Kier alpha value is -2.42. The van der Waals surface area contributed by atoms with Gasteiger partial charge in [0.1, 0.15) is 6.42 Å². The van der Waals surface area contributed by atoms with Crippen LogP contribution < -0.4 is 5.32 Å². The summed E-state index contributed by atoms with van der Waals surface area (Å²) >= 11 is 0. The fourth-order valence-corrected chi connectivity index (χ4v) is 1.42. The lowest BCUT2D eigenvalue weighted by molar-refractivity contribution is -0.517. The van der Waals surface area contributed by atoms with Crippen LogP contribution >= 0.6 is 0 Å². The van der Waals surface area contributed by atoms with Crippen molar-refractivity contribution in [3.8, 4) is 6.07 Å². The lowest BCUT2D eigenvalue weighted by atomic mass is 10.1. The number of carbonyl (C=O) groups excluding carboxylic acids is 1. The molecule has 1 unspecified atom stereocenters. The van der Waals surface area contributed by atoms with Gasteiger partial charge in [-0.3, -0.25) is 14.9 Å². The summed E-state index contributed by atoms with van der Waals surface area (Å²) in [5, 5.41) is 21.4. The van der Waals surface area contributed by atoms with Gasteiger partial charge in [0.15, 0.2) is 0 Å². The van der Waals surface area contributed by atoms with Crippen LogP contribution in [0.2, 0.25) is 0 Å². The first-order valence-electron chi connectivity index (χ1n) is 5.42. The van der Waals surface area contributed by atoms with E-state index in [1.807, 2.05) is 0 Å². The average Bonchev–Trinajstić information content (AvgIpc) is 2.31. The molecule has 1 atom stereocenters. The number of anilines is 1. The van der Waals surface area contributed by atoms with Gasteiger partial charge in [-0.05, 0) is 17.7 Å². The molecule has 6 nitrogen and oxygen atoms in total. The Morgan fingerprint density at radius 2 is 2.11 bits per heavy atom. The minimum absolute atomic E-state index is 0.194. The maximum Gasteiger partial charge on any atom is 0.238 e. The van der Waals surface area contributed by atoms with Gasteiger partial charge in [-0.1, -0.05) is 12.1 Å². The van der Waals surface area contributed by atoms with Crippen molar-refractivity contribution in [2.75, 3.05) is 5.32 Å². The molecule has 1 rings (SSSR count). The molecule has 0 radical (unpaired) electrons. The van der Waals surface area contributed by atoms with E-state index in [-0.39, 0.29) is 17.3 Å². The summed E-state index contributed by atoms with van der Waals surface area (Å²) < 4.78 is 0. The molecule has 0 saturated carbocycles. The van der Waals surface area contributed by atoms with Crippen LogP contribution in [-0.2, 0) is 11.2 Å². The fourth-order valence-electron chi connectivity index (χ4n) is 1.42. The summed E-state index contributed by atoms with van der Waals surface area (Å²) in [6.45, 7) is 1.54. The van der Waals surface area contributed by atoms with Gasteiger partial charge in [-0.2, -0.15) is 5.26 Å². The Kier molecular flexibility index (Phi) is 4.81. The number of nitrogens with one attached hydrogen (secondary N) is 1. The number of nitro groups is 1. The fraction of sp³-hybridized carbons (Fsp3) is 0.333. The molecule has 0 aliphatic rings. The molecular weight excluding hydrogens is 234 g/mol. The van der Waals surface area contributed by atoms with E-state index in [1.165, 1.54) is 0 Å². The van der Waals surface area contributed by atoms with Gasteiger partial charge in [-0.25, -0.2) is 0 Å². The van der Waals surface area contributed by atoms with Crippen molar-refractivity contribution in [3.63, 3.8) is 0 Å². The zero-order chi connectivity index (χ0) is 13.5. The minimum atomic E-state index is -0.635. The molecule has 0 spiro atoms. The molecule has 0 heterocycles. The van der Waals surface area contributed by atoms with Crippen LogP contribution in [-0.4, -0.2) is 16.9 Å². The van der Waals surface area contributed by atoms with Crippen LogP contribution in [0.5, 0.6) is 0 Å². The van der Waals surface area contributed by atoms with Crippen molar-refractivity contribution < 1.29 is 9.72 Å². The highest BCUT2D eigenvalue weighted by Gasteiger charge is 2.13. The van der Waals surface area contributed by atoms with E-state index >= 15 is 0 Å². The number of rotatable bonds is 5. The molecule has 94 valence electrons. The highest BCUT2D eigenvalue weighted by Crippen LogP contribution is 2.12. The predicted octanol–water partition coefficient (Wildman–Crippen LogP) is 1.75. The van der Waals surface area contributed by atoms with E-state index in [1.54, 1.807) is 37.3 Å². The molecular formula is C12H13N3O3. The van der Waals surface area contributed by atoms with Gasteiger partial charge < -0.3 is 5.32 Å². The molecule has 0 aromatic heterocycles. The van der Waals surface area contributed by atoms with E-state index in [0.717, 1.165) is 5.56 Å². The lowest BCUT2D eigenvalue weighted by Gasteiger charge is -2.06. The van der Waals surface area contributed by atoms with Crippen LogP contribution in [0.25, 0.3) is 0 Å². The Morgan fingerprint density at radius 1 is 1.50 bits per heavy atom. The number of hydrogen-bond acceptors (Lipinski definition) is 4. The first-order valence-corrected chi connectivity index (χ1v) is 5.42. The van der Waals surface area contributed by atoms with Crippen LogP contribution in [0.3, 0.4) is 0 Å². The number of carbonyl (C=O) groups is 1. The van der Waals surface area contributed by atoms with Crippen LogP contribution in [0.15, 0.2) is 24.3 Å². The standard InChI is InChI=1S/C12H13N3O3/c1-9(15(17)18)8-10-2-4-11(5-3-10)14-12(16)6-7-13/h2-5,9H,6,8H2,1H3,(H,14,16). The quantitative estimate of drug-likeness (QED) is 0.633. The molecule has 0 saturated heterocycles. The summed E-state index contributed by atoms with van der Waals surface area (Å²) in [5.41, 5.74) is 1.41. The molecule has 0 fully saturated rings. The molecule has 1 N–H and O–H groups in total. The number of nitriles is 1. The minimum Gasteiger partial charge on any atom is -0.325 e. The van der Waals surface area contributed by atoms with Crippen molar-refractivity contribution in [2.24, 2.45) is 0 Å². The smallest absolute Gasteiger partial charge is 0.238 e. The maximum absolute atomic E-state index is 11.1. The molecule has 6 heteroatoms. The second-order valence-corrected chi connectivity index (χ2v) is 3.92. The van der Waals surface area contributed by atoms with Gasteiger partial charge >= 0.3 is 0 Å². The Bertz CT molecular complexity index is 476. The second-order valence-electron chi connectivity index (χ2n) is 3.92. The van der Waals surface area contributed by atoms with Crippen LogP contribution in [0.1, 0.15) is 18.9 Å². The second kappa shape index (κ2) is 6.35. The van der Waals surface area contributed by atoms with Gasteiger partial charge in [0.2, 0.25) is 11.9 Å². The highest BCUT2D eigenvalue weighted by molar-refractivity contribution is 5.91. The predicted molar refractivity (Wildman–Crippen MR) is 65.5 cm³/mol. The molecule has 1 aromatic rings. The third-order valence-corrected chi connectivity index (χ3v) is 2.37. The molecule has 0 bridgehead atoms. The maximum atomic E-state index is 11.1. The van der Waals surface area contributed by atoms with E-state index < -0.39 is 6.04 Å². The first-order chi connectivity index (χ1) is 8.52. The third-order valence-electron chi connectivity index (χ3n) is 2.37.